The van der Waals surface area contributed by atoms with Crippen LogP contribution in [0.3, 0.4) is 0 Å². The van der Waals surface area contributed by atoms with Crippen LogP contribution in [0, 0.1) is 5.92 Å². The first-order chi connectivity index (χ1) is 17.3. The first-order valence-corrected chi connectivity index (χ1v) is 14.1. The second kappa shape index (κ2) is 15.1. The summed E-state index contributed by atoms with van der Waals surface area (Å²) in [5.41, 5.74) is -0.598. The SMILES string of the molecule is CC(C)(C)OC(=O)NC(CC1CCCCC1)C(CC(=O)NCCN1CCOCC1)OC1CCCCO1. The molecule has 2 aliphatic heterocycles. The van der Waals surface area contributed by atoms with Crippen LogP contribution in [0.4, 0.5) is 4.79 Å². The molecule has 0 aromatic heterocycles. The fourth-order valence-corrected chi connectivity index (χ4v) is 5.28. The number of alkyl carbamates (subject to hydrolysis) is 1. The standard InChI is InChI=1S/C27H49N3O6/c1-27(2,3)36-26(32)29-22(19-21-9-5-4-6-10-21)23(35-25-11-7-8-16-34-25)20-24(31)28-12-13-30-14-17-33-18-15-30/h21-23,25H,4-20H2,1-3H3,(H,28,31)(H,29,32). The predicted molar refractivity (Wildman–Crippen MR) is 138 cm³/mol. The lowest BCUT2D eigenvalue weighted by Gasteiger charge is -2.35. The maximum atomic E-state index is 13.0. The van der Waals surface area contributed by atoms with Crippen LogP contribution in [-0.4, -0.2) is 86.9 Å². The van der Waals surface area contributed by atoms with Crippen LogP contribution in [0.5, 0.6) is 0 Å². The third-order valence-electron chi connectivity index (χ3n) is 7.17. The van der Waals surface area contributed by atoms with Crippen molar-refractivity contribution in [3.63, 3.8) is 0 Å². The average molecular weight is 512 g/mol. The minimum absolute atomic E-state index is 0.0660. The molecular weight excluding hydrogens is 462 g/mol. The van der Waals surface area contributed by atoms with Crippen LogP contribution in [-0.2, 0) is 23.7 Å². The largest absolute Gasteiger partial charge is 0.444 e. The molecule has 1 saturated carbocycles. The highest BCUT2D eigenvalue weighted by Gasteiger charge is 2.33. The average Bonchev–Trinajstić information content (AvgIpc) is 2.84. The first-order valence-electron chi connectivity index (χ1n) is 14.1. The third kappa shape index (κ3) is 11.3. The molecule has 208 valence electrons. The van der Waals surface area contributed by atoms with Crippen LogP contribution in [0.15, 0.2) is 0 Å². The normalized spacial score (nSPS) is 24.0. The molecule has 9 nitrogen and oxygen atoms in total. The van der Waals surface area contributed by atoms with Crippen molar-refractivity contribution in [3.05, 3.63) is 0 Å². The van der Waals surface area contributed by atoms with Crippen molar-refractivity contribution in [3.8, 4) is 0 Å². The van der Waals surface area contributed by atoms with Gasteiger partial charge in [-0.25, -0.2) is 4.79 Å². The highest BCUT2D eigenvalue weighted by molar-refractivity contribution is 5.76. The number of rotatable bonds is 11. The molecule has 0 spiro atoms. The molecule has 3 rings (SSSR count). The van der Waals surface area contributed by atoms with Crippen molar-refractivity contribution >= 4 is 12.0 Å². The van der Waals surface area contributed by atoms with Crippen LogP contribution in [0.25, 0.3) is 0 Å². The van der Waals surface area contributed by atoms with E-state index in [9.17, 15) is 9.59 Å². The summed E-state index contributed by atoms with van der Waals surface area (Å²) in [6.45, 7) is 10.9. The second-order valence-electron chi connectivity index (χ2n) is 11.5. The molecule has 9 heteroatoms. The summed E-state index contributed by atoms with van der Waals surface area (Å²) in [7, 11) is 0. The molecule has 3 atom stereocenters. The highest BCUT2D eigenvalue weighted by Crippen LogP contribution is 2.30. The first kappa shape index (κ1) is 29.1. The molecule has 2 amide bonds. The number of nitrogens with one attached hydrogen (secondary N) is 2. The van der Waals surface area contributed by atoms with Gasteiger partial charge in [0.05, 0.1) is 31.8 Å². The van der Waals surface area contributed by atoms with E-state index in [1.807, 2.05) is 20.8 Å². The predicted octanol–water partition coefficient (Wildman–Crippen LogP) is 3.60. The number of morpholine rings is 1. The van der Waals surface area contributed by atoms with Crippen molar-refractivity contribution in [2.75, 3.05) is 46.0 Å². The molecule has 3 fully saturated rings. The summed E-state index contributed by atoms with van der Waals surface area (Å²) in [4.78, 5) is 28.1. The van der Waals surface area contributed by atoms with E-state index >= 15 is 0 Å². The Balaban J connectivity index is 1.64. The fourth-order valence-electron chi connectivity index (χ4n) is 5.28. The minimum atomic E-state index is -0.598. The molecule has 36 heavy (non-hydrogen) atoms. The molecule has 0 bridgehead atoms. The van der Waals surface area contributed by atoms with E-state index in [2.05, 4.69) is 15.5 Å². The quantitative estimate of drug-likeness (QED) is 0.437. The smallest absolute Gasteiger partial charge is 0.407 e. The van der Waals surface area contributed by atoms with Crippen molar-refractivity contribution in [1.82, 2.24) is 15.5 Å². The summed E-state index contributed by atoms with van der Waals surface area (Å²) in [6, 6.07) is -0.321. The van der Waals surface area contributed by atoms with Gasteiger partial charge in [-0.2, -0.15) is 0 Å². The molecular formula is C27H49N3O6. The number of amides is 2. The van der Waals surface area contributed by atoms with E-state index in [-0.39, 0.29) is 24.7 Å². The summed E-state index contributed by atoms with van der Waals surface area (Å²) >= 11 is 0. The van der Waals surface area contributed by atoms with E-state index in [1.165, 1.54) is 19.3 Å². The van der Waals surface area contributed by atoms with Gasteiger partial charge in [0, 0.05) is 32.8 Å². The number of hydrogen-bond acceptors (Lipinski definition) is 7. The van der Waals surface area contributed by atoms with Gasteiger partial charge in [-0.1, -0.05) is 32.1 Å². The lowest BCUT2D eigenvalue weighted by molar-refractivity contribution is -0.196. The van der Waals surface area contributed by atoms with E-state index in [0.717, 1.165) is 71.4 Å². The highest BCUT2D eigenvalue weighted by atomic mass is 16.7. The van der Waals surface area contributed by atoms with Crippen LogP contribution < -0.4 is 10.6 Å². The maximum Gasteiger partial charge on any atom is 0.407 e. The minimum Gasteiger partial charge on any atom is -0.444 e. The zero-order valence-electron chi connectivity index (χ0n) is 22.7. The van der Waals surface area contributed by atoms with Crippen LogP contribution >= 0.6 is 0 Å². The Labute approximate surface area is 217 Å². The molecule has 1 aliphatic carbocycles. The topological polar surface area (TPSA) is 98.4 Å². The third-order valence-corrected chi connectivity index (χ3v) is 7.17. The number of ether oxygens (including phenoxy) is 4. The lowest BCUT2D eigenvalue weighted by Crippen LogP contribution is -2.50. The van der Waals surface area contributed by atoms with Gasteiger partial charge in [0.2, 0.25) is 5.91 Å². The van der Waals surface area contributed by atoms with E-state index in [4.69, 9.17) is 18.9 Å². The maximum absolute atomic E-state index is 13.0. The Morgan fingerprint density at radius 2 is 1.72 bits per heavy atom. The van der Waals surface area contributed by atoms with E-state index in [1.54, 1.807) is 0 Å². The molecule has 0 aromatic rings. The van der Waals surface area contributed by atoms with E-state index < -0.39 is 17.8 Å². The Kier molecular flexibility index (Phi) is 12.2. The Bertz CT molecular complexity index is 652. The molecule has 0 aromatic carbocycles. The zero-order valence-corrected chi connectivity index (χ0v) is 22.7. The van der Waals surface area contributed by atoms with Gasteiger partial charge >= 0.3 is 6.09 Å². The Morgan fingerprint density at radius 3 is 2.39 bits per heavy atom. The summed E-state index contributed by atoms with van der Waals surface area (Å²) in [5, 5.41) is 6.14. The second-order valence-corrected chi connectivity index (χ2v) is 11.5. The van der Waals surface area contributed by atoms with Crippen molar-refractivity contribution in [2.45, 2.75) is 109 Å². The molecule has 2 N–H and O–H groups in total. The fraction of sp³-hybridized carbons (Fsp3) is 0.926. The van der Waals surface area contributed by atoms with Crippen LogP contribution in [0.2, 0.25) is 0 Å². The molecule has 2 saturated heterocycles. The number of hydrogen-bond donors (Lipinski definition) is 2. The Hall–Kier alpha value is -1.42. The lowest BCUT2D eigenvalue weighted by atomic mass is 9.83. The van der Waals surface area contributed by atoms with Crippen molar-refractivity contribution in [2.24, 2.45) is 5.92 Å². The van der Waals surface area contributed by atoms with Gasteiger partial charge in [0.1, 0.15) is 5.60 Å². The number of carbonyl (C=O) groups is 2. The molecule has 0 radical (unpaired) electrons. The van der Waals surface area contributed by atoms with Gasteiger partial charge in [0.25, 0.3) is 0 Å². The van der Waals surface area contributed by atoms with Gasteiger partial charge in [-0.15, -0.1) is 0 Å². The van der Waals surface area contributed by atoms with E-state index in [0.29, 0.717) is 19.1 Å². The molecule has 3 aliphatic rings. The van der Waals surface area contributed by atoms with Crippen molar-refractivity contribution in [1.29, 1.82) is 0 Å². The zero-order chi connectivity index (χ0) is 25.8. The van der Waals surface area contributed by atoms with Crippen molar-refractivity contribution < 1.29 is 28.5 Å². The number of carbonyl (C=O) groups excluding carboxylic acids is 2. The molecule has 3 unspecified atom stereocenters. The summed E-state index contributed by atoms with van der Waals surface area (Å²) in [6.07, 6.45) is 8.50. The van der Waals surface area contributed by atoms with Gasteiger partial charge in [0.15, 0.2) is 6.29 Å². The summed E-state index contributed by atoms with van der Waals surface area (Å²) in [5.74, 6) is 0.435. The van der Waals surface area contributed by atoms with Gasteiger partial charge in [-0.3, -0.25) is 9.69 Å². The van der Waals surface area contributed by atoms with Crippen LogP contribution in [0.1, 0.15) is 85.0 Å². The monoisotopic (exact) mass is 511 g/mol. The van der Waals surface area contributed by atoms with Gasteiger partial charge in [-0.05, 0) is 52.4 Å². The Morgan fingerprint density at radius 1 is 1.00 bits per heavy atom. The van der Waals surface area contributed by atoms with Gasteiger partial charge < -0.3 is 29.6 Å². The summed E-state index contributed by atoms with van der Waals surface area (Å²) < 4.78 is 23.3. The molecule has 2 heterocycles. The number of nitrogens with zero attached hydrogens (tertiary/aromatic N) is 1.